The van der Waals surface area contributed by atoms with Gasteiger partial charge in [0.1, 0.15) is 11.9 Å². The van der Waals surface area contributed by atoms with Crippen LogP contribution in [0, 0.1) is 17.1 Å². The lowest BCUT2D eigenvalue weighted by atomic mass is 10.2. The molecule has 8 heteroatoms. The van der Waals surface area contributed by atoms with Crippen molar-refractivity contribution in [1.29, 1.82) is 5.26 Å². The van der Waals surface area contributed by atoms with Crippen LogP contribution in [0.3, 0.4) is 0 Å². The Labute approximate surface area is 170 Å². The van der Waals surface area contributed by atoms with E-state index >= 15 is 0 Å². The fourth-order valence-electron chi connectivity index (χ4n) is 2.98. The van der Waals surface area contributed by atoms with E-state index in [4.69, 9.17) is 0 Å². The molecule has 2 aromatic heterocycles. The van der Waals surface area contributed by atoms with Crippen molar-refractivity contribution in [3.8, 4) is 6.07 Å². The smallest absolute Gasteiger partial charge is 0.292 e. The second kappa shape index (κ2) is 7.85. The van der Waals surface area contributed by atoms with Crippen molar-refractivity contribution in [3.63, 3.8) is 0 Å². The molecular weight excluding hydrogens is 385 g/mol. The lowest BCUT2D eigenvalue weighted by Gasteiger charge is -2.05. The van der Waals surface area contributed by atoms with Crippen LogP contribution < -0.4 is 10.6 Å². The molecule has 2 amide bonds. The van der Waals surface area contributed by atoms with E-state index in [1.54, 1.807) is 54.7 Å². The van der Waals surface area contributed by atoms with Gasteiger partial charge in [-0.25, -0.2) is 9.37 Å². The molecule has 146 valence electrons. The molecule has 0 bridgehead atoms. The summed E-state index contributed by atoms with van der Waals surface area (Å²) in [6.07, 6.45) is 1.58. The quantitative estimate of drug-likeness (QED) is 0.544. The summed E-state index contributed by atoms with van der Waals surface area (Å²) in [5.41, 5.74) is 1.03. The lowest BCUT2D eigenvalue weighted by Crippen LogP contribution is -2.17. The molecule has 4 rings (SSSR count). The van der Waals surface area contributed by atoms with E-state index in [2.05, 4.69) is 15.6 Å². The molecular formula is C22H14FN5O2. The molecule has 0 radical (unpaired) electrons. The summed E-state index contributed by atoms with van der Waals surface area (Å²) in [4.78, 5) is 29.8. The van der Waals surface area contributed by atoms with Crippen LogP contribution in [0.2, 0.25) is 0 Å². The van der Waals surface area contributed by atoms with Gasteiger partial charge in [-0.05, 0) is 36.4 Å². The number of nitrogens with one attached hydrogen (secondary N) is 2. The Morgan fingerprint density at radius 2 is 1.57 bits per heavy atom. The van der Waals surface area contributed by atoms with Gasteiger partial charge in [0.05, 0.1) is 22.5 Å². The minimum absolute atomic E-state index is 0.00188. The van der Waals surface area contributed by atoms with Gasteiger partial charge < -0.3 is 10.6 Å². The summed E-state index contributed by atoms with van der Waals surface area (Å²) in [6.45, 7) is 0. The predicted octanol–water partition coefficient (Wildman–Crippen LogP) is 3.85. The van der Waals surface area contributed by atoms with Crippen LogP contribution in [0.25, 0.3) is 5.52 Å². The number of hydrogen-bond acceptors (Lipinski definition) is 4. The fourth-order valence-corrected chi connectivity index (χ4v) is 2.98. The monoisotopic (exact) mass is 399 g/mol. The largest absolute Gasteiger partial charge is 0.319 e. The maximum Gasteiger partial charge on any atom is 0.292 e. The summed E-state index contributed by atoms with van der Waals surface area (Å²) < 4.78 is 15.3. The zero-order chi connectivity index (χ0) is 21.1. The van der Waals surface area contributed by atoms with Crippen molar-refractivity contribution < 1.29 is 14.0 Å². The number of benzene rings is 2. The second-order valence-corrected chi connectivity index (χ2v) is 6.29. The maximum atomic E-state index is 13.9. The van der Waals surface area contributed by atoms with Gasteiger partial charge in [-0.1, -0.05) is 30.3 Å². The Morgan fingerprint density at radius 3 is 2.33 bits per heavy atom. The Kier molecular flexibility index (Phi) is 4.93. The number of halogens is 1. The molecule has 30 heavy (non-hydrogen) atoms. The van der Waals surface area contributed by atoms with Crippen molar-refractivity contribution in [2.75, 3.05) is 10.6 Å². The highest BCUT2D eigenvalue weighted by Crippen LogP contribution is 2.20. The van der Waals surface area contributed by atoms with E-state index in [9.17, 15) is 19.2 Å². The van der Waals surface area contributed by atoms with Gasteiger partial charge in [-0.3, -0.25) is 14.0 Å². The Bertz CT molecular complexity index is 1320. The maximum absolute atomic E-state index is 13.9. The van der Waals surface area contributed by atoms with Gasteiger partial charge in [0.25, 0.3) is 11.8 Å². The van der Waals surface area contributed by atoms with Crippen molar-refractivity contribution in [2.45, 2.75) is 0 Å². The summed E-state index contributed by atoms with van der Waals surface area (Å²) in [7, 11) is 0. The molecule has 0 saturated heterocycles. The van der Waals surface area contributed by atoms with Crippen LogP contribution in [0.4, 0.5) is 15.8 Å². The summed E-state index contributed by atoms with van der Waals surface area (Å²) >= 11 is 0. The number of aromatic nitrogens is 2. The molecule has 0 aliphatic rings. The number of amides is 2. The first-order valence-corrected chi connectivity index (χ1v) is 8.92. The van der Waals surface area contributed by atoms with E-state index in [-0.39, 0.29) is 17.2 Å². The van der Waals surface area contributed by atoms with E-state index < -0.39 is 17.6 Å². The Balaban J connectivity index is 1.70. The molecule has 2 N–H and O–H groups in total. The molecule has 0 aliphatic heterocycles. The van der Waals surface area contributed by atoms with Crippen LogP contribution in [-0.2, 0) is 0 Å². The third-order valence-electron chi connectivity index (χ3n) is 4.38. The van der Waals surface area contributed by atoms with E-state index in [0.29, 0.717) is 16.8 Å². The van der Waals surface area contributed by atoms with Crippen LogP contribution in [0.1, 0.15) is 26.7 Å². The van der Waals surface area contributed by atoms with Crippen LogP contribution in [0.5, 0.6) is 0 Å². The first kappa shape index (κ1) is 18.8. The standard InChI is InChI=1S/C22H14FN5O2/c23-15-8-2-4-10-17(15)26-22(30)20-27-19(18-11-5-6-12-28(18)20)21(29)25-16-9-3-1-7-14(16)13-24/h1-12H,(H,25,29)(H,26,30). The number of nitrogens with zero attached hydrogens (tertiary/aromatic N) is 3. The summed E-state index contributed by atoms with van der Waals surface area (Å²) in [5.74, 6) is -1.91. The zero-order valence-electron chi connectivity index (χ0n) is 15.5. The average molecular weight is 399 g/mol. The second-order valence-electron chi connectivity index (χ2n) is 6.29. The fraction of sp³-hybridized carbons (Fsp3) is 0. The van der Waals surface area contributed by atoms with Gasteiger partial charge in [0.15, 0.2) is 5.69 Å². The number of pyridine rings is 1. The number of hydrogen-bond donors (Lipinski definition) is 2. The average Bonchev–Trinajstić information content (AvgIpc) is 3.16. The summed E-state index contributed by atoms with van der Waals surface area (Å²) in [6, 6.07) is 19.3. The molecule has 2 aromatic carbocycles. The molecule has 2 heterocycles. The van der Waals surface area contributed by atoms with Gasteiger partial charge >= 0.3 is 0 Å². The first-order chi connectivity index (χ1) is 14.6. The topological polar surface area (TPSA) is 99.3 Å². The van der Waals surface area contributed by atoms with Crippen LogP contribution >= 0.6 is 0 Å². The first-order valence-electron chi connectivity index (χ1n) is 8.92. The van der Waals surface area contributed by atoms with Gasteiger partial charge in [0, 0.05) is 6.20 Å². The normalized spacial score (nSPS) is 10.4. The summed E-state index contributed by atoms with van der Waals surface area (Å²) in [5, 5.41) is 14.3. The highest BCUT2D eigenvalue weighted by molar-refractivity contribution is 6.10. The number of fused-ring (bicyclic) bond motifs is 1. The van der Waals surface area contributed by atoms with Crippen molar-refractivity contribution in [2.24, 2.45) is 0 Å². The Hall–Kier alpha value is -4.51. The molecule has 7 nitrogen and oxygen atoms in total. The van der Waals surface area contributed by atoms with E-state index in [1.807, 2.05) is 6.07 Å². The highest BCUT2D eigenvalue weighted by Gasteiger charge is 2.22. The number of anilines is 2. The minimum Gasteiger partial charge on any atom is -0.319 e. The lowest BCUT2D eigenvalue weighted by molar-refractivity contribution is 0.101. The van der Waals surface area contributed by atoms with E-state index in [0.717, 1.165) is 0 Å². The molecule has 0 fully saturated rings. The van der Waals surface area contributed by atoms with Crippen molar-refractivity contribution in [3.05, 3.63) is 95.8 Å². The zero-order valence-corrected chi connectivity index (χ0v) is 15.5. The number of rotatable bonds is 4. The third kappa shape index (κ3) is 3.47. The number of imidazole rings is 1. The highest BCUT2D eigenvalue weighted by atomic mass is 19.1. The van der Waals surface area contributed by atoms with Crippen molar-refractivity contribution >= 4 is 28.7 Å². The number of carbonyl (C=O) groups excluding carboxylic acids is 2. The van der Waals surface area contributed by atoms with Crippen LogP contribution in [0.15, 0.2) is 72.9 Å². The molecule has 0 saturated carbocycles. The number of para-hydroxylation sites is 2. The third-order valence-corrected chi connectivity index (χ3v) is 4.38. The van der Waals surface area contributed by atoms with Gasteiger partial charge in [0.2, 0.25) is 5.82 Å². The van der Waals surface area contributed by atoms with E-state index in [1.165, 1.54) is 22.6 Å². The van der Waals surface area contributed by atoms with Crippen LogP contribution in [-0.4, -0.2) is 21.2 Å². The van der Waals surface area contributed by atoms with Gasteiger partial charge in [-0.15, -0.1) is 0 Å². The molecule has 0 atom stereocenters. The SMILES string of the molecule is N#Cc1ccccc1NC(=O)c1nc(C(=O)Nc2ccccc2F)n2ccccc12. The number of nitriles is 1. The predicted molar refractivity (Wildman–Crippen MR) is 109 cm³/mol. The molecule has 0 unspecified atom stereocenters. The number of carbonyl (C=O) groups is 2. The minimum atomic E-state index is -0.669. The molecule has 4 aromatic rings. The van der Waals surface area contributed by atoms with Gasteiger partial charge in [-0.2, -0.15) is 5.26 Å². The molecule has 0 spiro atoms. The Morgan fingerprint density at radius 1 is 0.900 bits per heavy atom. The molecule has 0 aliphatic carbocycles. The van der Waals surface area contributed by atoms with Crippen molar-refractivity contribution in [1.82, 2.24) is 9.38 Å².